The Hall–Kier alpha value is -1.06. The van der Waals surface area contributed by atoms with Crippen molar-refractivity contribution in [3.8, 4) is 0 Å². The van der Waals surface area contributed by atoms with E-state index in [9.17, 15) is 9.59 Å². The summed E-state index contributed by atoms with van der Waals surface area (Å²) in [4.78, 5) is 22.1. The number of hydrogen-bond donors (Lipinski definition) is 1. The van der Waals surface area contributed by atoms with E-state index in [2.05, 4.69) is 10.1 Å². The molecule has 0 aliphatic heterocycles. The molecule has 0 rings (SSSR count). The fourth-order valence-electron chi connectivity index (χ4n) is 0.907. The standard InChI is InChI=1S/C9H17NO3/c1-6(2)5-8(11)10-7(3)9(12)13-4/h6-7H,5H2,1-4H3,(H,10,11)/t7-/m1/s1. The van der Waals surface area contributed by atoms with Crippen LogP contribution in [0.15, 0.2) is 0 Å². The Bertz CT molecular complexity index is 189. The van der Waals surface area contributed by atoms with Crippen molar-refractivity contribution in [2.75, 3.05) is 7.11 Å². The van der Waals surface area contributed by atoms with Crippen molar-refractivity contribution in [1.82, 2.24) is 5.32 Å². The average Bonchev–Trinajstić information content (AvgIpc) is 2.01. The van der Waals surface area contributed by atoms with Crippen molar-refractivity contribution < 1.29 is 14.3 Å². The highest BCUT2D eigenvalue weighted by atomic mass is 16.5. The zero-order chi connectivity index (χ0) is 10.4. The summed E-state index contributed by atoms with van der Waals surface area (Å²) in [5.41, 5.74) is 0. The van der Waals surface area contributed by atoms with Gasteiger partial charge in [-0.25, -0.2) is 4.79 Å². The third kappa shape index (κ3) is 5.22. The van der Waals surface area contributed by atoms with E-state index >= 15 is 0 Å². The molecule has 0 unspecified atom stereocenters. The molecule has 13 heavy (non-hydrogen) atoms. The fraction of sp³-hybridized carbons (Fsp3) is 0.778. The first-order valence-electron chi connectivity index (χ1n) is 4.34. The van der Waals surface area contributed by atoms with Crippen LogP contribution >= 0.6 is 0 Å². The number of amides is 1. The molecule has 0 fully saturated rings. The summed E-state index contributed by atoms with van der Waals surface area (Å²) in [6, 6.07) is -0.559. The van der Waals surface area contributed by atoms with Crippen LogP contribution in [-0.4, -0.2) is 25.0 Å². The van der Waals surface area contributed by atoms with Gasteiger partial charge < -0.3 is 10.1 Å². The minimum atomic E-state index is -0.559. The van der Waals surface area contributed by atoms with Crippen LogP contribution in [0, 0.1) is 5.92 Å². The first kappa shape index (κ1) is 11.9. The predicted molar refractivity (Wildman–Crippen MR) is 49.1 cm³/mol. The van der Waals surface area contributed by atoms with Crippen molar-refractivity contribution in [2.24, 2.45) is 5.92 Å². The first-order chi connectivity index (χ1) is 5.97. The number of hydrogen-bond acceptors (Lipinski definition) is 3. The lowest BCUT2D eigenvalue weighted by molar-refractivity contribution is -0.144. The molecule has 4 heteroatoms. The van der Waals surface area contributed by atoms with E-state index in [1.807, 2.05) is 13.8 Å². The molecule has 0 spiro atoms. The van der Waals surface area contributed by atoms with E-state index in [-0.39, 0.29) is 5.91 Å². The predicted octanol–water partition coefficient (Wildman–Crippen LogP) is 0.710. The first-order valence-corrected chi connectivity index (χ1v) is 4.34. The second-order valence-corrected chi connectivity index (χ2v) is 3.41. The summed E-state index contributed by atoms with van der Waals surface area (Å²) < 4.78 is 4.46. The van der Waals surface area contributed by atoms with Crippen molar-refractivity contribution in [3.63, 3.8) is 0 Å². The van der Waals surface area contributed by atoms with Gasteiger partial charge in [0.1, 0.15) is 6.04 Å². The van der Waals surface area contributed by atoms with Gasteiger partial charge in [0.05, 0.1) is 7.11 Å². The van der Waals surface area contributed by atoms with Gasteiger partial charge in [-0.2, -0.15) is 0 Å². The van der Waals surface area contributed by atoms with Crippen LogP contribution in [0.2, 0.25) is 0 Å². The molecule has 0 bridgehead atoms. The van der Waals surface area contributed by atoms with Crippen LogP contribution in [0.3, 0.4) is 0 Å². The Morgan fingerprint density at radius 3 is 2.23 bits per heavy atom. The van der Waals surface area contributed by atoms with E-state index in [4.69, 9.17) is 0 Å². The van der Waals surface area contributed by atoms with E-state index in [1.54, 1.807) is 6.92 Å². The number of carbonyl (C=O) groups is 2. The largest absolute Gasteiger partial charge is 0.467 e. The third-order valence-electron chi connectivity index (χ3n) is 1.53. The molecule has 0 heterocycles. The molecule has 0 saturated heterocycles. The van der Waals surface area contributed by atoms with Crippen molar-refractivity contribution >= 4 is 11.9 Å². The molecule has 4 nitrogen and oxygen atoms in total. The smallest absolute Gasteiger partial charge is 0.328 e. The number of ether oxygens (including phenoxy) is 1. The molecular formula is C9H17NO3. The van der Waals surface area contributed by atoms with Gasteiger partial charge in [-0.05, 0) is 12.8 Å². The molecule has 1 atom stereocenters. The molecule has 0 radical (unpaired) electrons. The Labute approximate surface area is 78.6 Å². The molecule has 1 amide bonds. The molecule has 0 aromatic carbocycles. The summed E-state index contributed by atoms with van der Waals surface area (Å²) in [5, 5.41) is 2.55. The van der Waals surface area contributed by atoms with E-state index < -0.39 is 12.0 Å². The summed E-state index contributed by atoms with van der Waals surface area (Å²) in [7, 11) is 1.30. The quantitative estimate of drug-likeness (QED) is 0.659. The molecule has 0 saturated carbocycles. The monoisotopic (exact) mass is 187 g/mol. The maximum absolute atomic E-state index is 11.2. The van der Waals surface area contributed by atoms with Crippen molar-refractivity contribution in [2.45, 2.75) is 33.2 Å². The van der Waals surface area contributed by atoms with Crippen LogP contribution in [0.4, 0.5) is 0 Å². The van der Waals surface area contributed by atoms with Crippen LogP contribution < -0.4 is 5.32 Å². The van der Waals surface area contributed by atoms with Gasteiger partial charge in [0.2, 0.25) is 5.91 Å². The van der Waals surface area contributed by atoms with Gasteiger partial charge in [-0.3, -0.25) is 4.79 Å². The van der Waals surface area contributed by atoms with Crippen molar-refractivity contribution in [3.05, 3.63) is 0 Å². The Balaban J connectivity index is 3.85. The topological polar surface area (TPSA) is 55.4 Å². The van der Waals surface area contributed by atoms with E-state index in [1.165, 1.54) is 7.11 Å². The minimum absolute atomic E-state index is 0.118. The minimum Gasteiger partial charge on any atom is -0.467 e. The van der Waals surface area contributed by atoms with Crippen LogP contribution in [-0.2, 0) is 14.3 Å². The van der Waals surface area contributed by atoms with Gasteiger partial charge in [-0.15, -0.1) is 0 Å². The second kappa shape index (κ2) is 5.56. The number of methoxy groups -OCH3 is 1. The maximum Gasteiger partial charge on any atom is 0.328 e. The molecule has 1 N–H and O–H groups in total. The highest BCUT2D eigenvalue weighted by Gasteiger charge is 2.15. The number of esters is 1. The highest BCUT2D eigenvalue weighted by Crippen LogP contribution is 1.99. The fourth-order valence-corrected chi connectivity index (χ4v) is 0.907. The van der Waals surface area contributed by atoms with E-state index in [0.717, 1.165) is 0 Å². The SMILES string of the molecule is COC(=O)[C@@H](C)NC(=O)CC(C)C. The zero-order valence-electron chi connectivity index (χ0n) is 8.59. The molecule has 0 aliphatic rings. The number of nitrogens with one attached hydrogen (secondary N) is 1. The summed E-state index contributed by atoms with van der Waals surface area (Å²) in [6.45, 7) is 5.49. The molecule has 0 aromatic rings. The lowest BCUT2D eigenvalue weighted by Gasteiger charge is -2.12. The van der Waals surface area contributed by atoms with Crippen LogP contribution in [0.5, 0.6) is 0 Å². The molecule has 0 aliphatic carbocycles. The lowest BCUT2D eigenvalue weighted by atomic mass is 10.1. The highest BCUT2D eigenvalue weighted by molar-refractivity contribution is 5.84. The number of carbonyl (C=O) groups excluding carboxylic acids is 2. The van der Waals surface area contributed by atoms with Gasteiger partial charge in [0, 0.05) is 6.42 Å². The van der Waals surface area contributed by atoms with Crippen LogP contribution in [0.1, 0.15) is 27.2 Å². The third-order valence-corrected chi connectivity index (χ3v) is 1.53. The second-order valence-electron chi connectivity index (χ2n) is 3.41. The van der Waals surface area contributed by atoms with Gasteiger partial charge in [0.25, 0.3) is 0 Å². The van der Waals surface area contributed by atoms with Gasteiger partial charge >= 0.3 is 5.97 Å². The van der Waals surface area contributed by atoms with Crippen LogP contribution in [0.25, 0.3) is 0 Å². The summed E-state index contributed by atoms with van der Waals surface area (Å²) in [5.74, 6) is -0.241. The van der Waals surface area contributed by atoms with Gasteiger partial charge in [-0.1, -0.05) is 13.8 Å². The van der Waals surface area contributed by atoms with Crippen molar-refractivity contribution in [1.29, 1.82) is 0 Å². The maximum atomic E-state index is 11.2. The molecule has 0 aromatic heterocycles. The number of rotatable bonds is 4. The Kier molecular flexibility index (Phi) is 5.11. The van der Waals surface area contributed by atoms with Gasteiger partial charge in [0.15, 0.2) is 0 Å². The Morgan fingerprint density at radius 2 is 1.85 bits per heavy atom. The normalized spacial score (nSPS) is 12.4. The molecular weight excluding hydrogens is 170 g/mol. The summed E-state index contributed by atoms with van der Waals surface area (Å²) in [6.07, 6.45) is 0.432. The lowest BCUT2D eigenvalue weighted by Crippen LogP contribution is -2.39. The zero-order valence-corrected chi connectivity index (χ0v) is 8.59. The average molecular weight is 187 g/mol. The Morgan fingerprint density at radius 1 is 1.31 bits per heavy atom. The van der Waals surface area contributed by atoms with E-state index in [0.29, 0.717) is 12.3 Å². The summed E-state index contributed by atoms with van der Waals surface area (Å²) >= 11 is 0. The molecule has 76 valence electrons.